The van der Waals surface area contributed by atoms with Gasteiger partial charge in [-0.25, -0.2) is 46.9 Å². The zero-order valence-electron chi connectivity index (χ0n) is 18.5. The summed E-state index contributed by atoms with van der Waals surface area (Å²) in [4.78, 5) is 36.9. The van der Waals surface area contributed by atoms with Crippen molar-refractivity contribution in [3.05, 3.63) is 65.7 Å². The maximum atomic E-state index is 12.5. The second-order valence-corrected chi connectivity index (χ2v) is 7.57. The van der Waals surface area contributed by atoms with Crippen LogP contribution in [0.2, 0.25) is 0 Å². The molecule has 2 rings (SSSR count). The number of amides is 6. The van der Waals surface area contributed by atoms with E-state index in [0.717, 1.165) is 15.6 Å². The zero-order valence-corrected chi connectivity index (χ0v) is 18.5. The van der Waals surface area contributed by atoms with Crippen molar-refractivity contribution in [2.24, 2.45) is 11.8 Å². The van der Waals surface area contributed by atoms with Crippen molar-refractivity contribution in [1.82, 2.24) is 37.1 Å². The van der Waals surface area contributed by atoms with Gasteiger partial charge in [-0.2, -0.15) is 0 Å². The molecule has 178 valence electrons. The van der Waals surface area contributed by atoms with E-state index in [0.29, 0.717) is 18.0 Å². The molecule has 0 aliphatic carbocycles. The Bertz CT molecular complexity index is 908. The minimum atomic E-state index is -0.851. The number of hydrogen-bond acceptors (Lipinski definition) is 6. The highest BCUT2D eigenvalue weighted by molar-refractivity contribution is 5.82. The second kappa shape index (κ2) is 12.7. The molecule has 0 atom stereocenters. The smallest absolute Gasteiger partial charge is 0.352 e. The fourth-order valence-electron chi connectivity index (χ4n) is 2.53. The largest absolute Gasteiger partial charge is 0.508 e. The third kappa shape index (κ3) is 9.33. The highest BCUT2D eigenvalue weighted by Gasteiger charge is 2.18. The van der Waals surface area contributed by atoms with Crippen molar-refractivity contribution < 1.29 is 19.5 Å². The first-order chi connectivity index (χ1) is 15.7. The van der Waals surface area contributed by atoms with Crippen molar-refractivity contribution in [2.75, 3.05) is 6.54 Å². The van der Waals surface area contributed by atoms with E-state index in [4.69, 9.17) is 5.84 Å². The molecule has 0 radical (unpaired) electrons. The van der Waals surface area contributed by atoms with E-state index in [1.54, 1.807) is 24.3 Å². The number of carbonyl (C=O) groups is 3. The summed E-state index contributed by atoms with van der Waals surface area (Å²) < 4.78 is 0. The number of nitrogens with one attached hydrogen (secondary N) is 5. The number of carbonyl (C=O) groups excluding carboxylic acids is 3. The van der Waals surface area contributed by atoms with Gasteiger partial charge in [0.15, 0.2) is 0 Å². The lowest BCUT2D eigenvalue weighted by Gasteiger charge is -2.25. The van der Waals surface area contributed by atoms with E-state index in [9.17, 15) is 19.5 Å². The quantitative estimate of drug-likeness (QED) is 0.188. The summed E-state index contributed by atoms with van der Waals surface area (Å²) in [6, 6.07) is 13.0. The summed E-state index contributed by atoms with van der Waals surface area (Å²) in [5, 5.41) is 11.2. The van der Waals surface area contributed by atoms with Gasteiger partial charge < -0.3 is 5.11 Å². The molecule has 6 amide bonds. The predicted octanol–water partition coefficient (Wildman–Crippen LogP) is 1.28. The monoisotopic (exact) mass is 458 g/mol. The predicted molar refractivity (Wildman–Crippen MR) is 121 cm³/mol. The maximum Gasteiger partial charge on any atom is 0.352 e. The standard InChI is InChI=1S/C21H30N8O4/c1-15(2)12-23-25-21(33)29(14-16-6-4-3-5-7-16)27-19(31)24-26-20(32)28(22)13-17-8-10-18(30)11-9-17/h3-11,15,23,30H,12-14,22H2,1-2H3,(H,25,33)(H,26,32)(H2,24,27,31). The Morgan fingerprint density at radius 3 is 2.15 bits per heavy atom. The Labute approximate surface area is 192 Å². The SMILES string of the molecule is CC(C)CNNC(=O)N(Cc1ccccc1)NC(=O)NNC(=O)N(N)Cc1ccc(O)cc1. The molecule has 0 fully saturated rings. The fourth-order valence-corrected chi connectivity index (χ4v) is 2.53. The molecule has 0 saturated heterocycles. The van der Waals surface area contributed by atoms with Crippen molar-refractivity contribution in [1.29, 1.82) is 0 Å². The van der Waals surface area contributed by atoms with Crippen LogP contribution >= 0.6 is 0 Å². The highest BCUT2D eigenvalue weighted by atomic mass is 16.3. The lowest BCUT2D eigenvalue weighted by atomic mass is 10.2. The average Bonchev–Trinajstić information content (AvgIpc) is 2.78. The molecule has 0 unspecified atom stereocenters. The summed E-state index contributed by atoms with van der Waals surface area (Å²) in [6.45, 7) is 4.64. The molecular weight excluding hydrogens is 428 g/mol. The molecule has 8 N–H and O–H groups in total. The number of phenols is 1. The van der Waals surface area contributed by atoms with Crippen LogP contribution in [0.1, 0.15) is 25.0 Å². The molecule has 12 heteroatoms. The van der Waals surface area contributed by atoms with Crippen LogP contribution in [0.4, 0.5) is 14.4 Å². The van der Waals surface area contributed by atoms with Crippen LogP contribution in [0.5, 0.6) is 5.75 Å². The number of nitrogens with zero attached hydrogens (tertiary/aromatic N) is 2. The van der Waals surface area contributed by atoms with Gasteiger partial charge in [0.2, 0.25) is 0 Å². The van der Waals surface area contributed by atoms with Crippen LogP contribution in [0.3, 0.4) is 0 Å². The molecule has 0 aliphatic rings. The van der Waals surface area contributed by atoms with Crippen LogP contribution in [0, 0.1) is 5.92 Å². The Hall–Kier alpha value is -4.03. The first-order valence-electron chi connectivity index (χ1n) is 10.3. The molecule has 0 heterocycles. The number of aromatic hydroxyl groups is 1. The van der Waals surface area contributed by atoms with Gasteiger partial charge in [0, 0.05) is 6.54 Å². The summed E-state index contributed by atoms with van der Waals surface area (Å²) in [5.74, 6) is 6.11. The summed E-state index contributed by atoms with van der Waals surface area (Å²) in [6.07, 6.45) is 0. The number of hydrogen-bond donors (Lipinski definition) is 7. The molecule has 2 aromatic rings. The Morgan fingerprint density at radius 2 is 1.52 bits per heavy atom. The molecule has 33 heavy (non-hydrogen) atoms. The van der Waals surface area contributed by atoms with Gasteiger partial charge in [-0.15, -0.1) is 0 Å². The summed E-state index contributed by atoms with van der Waals surface area (Å²) in [7, 11) is 0. The minimum Gasteiger partial charge on any atom is -0.508 e. The molecule has 0 aromatic heterocycles. The van der Waals surface area contributed by atoms with E-state index in [2.05, 4.69) is 27.1 Å². The minimum absolute atomic E-state index is 0.0411. The van der Waals surface area contributed by atoms with Crippen LogP contribution in [0.25, 0.3) is 0 Å². The van der Waals surface area contributed by atoms with E-state index < -0.39 is 18.1 Å². The van der Waals surface area contributed by atoms with E-state index in [1.807, 2.05) is 32.0 Å². The van der Waals surface area contributed by atoms with Crippen LogP contribution in [0.15, 0.2) is 54.6 Å². The average molecular weight is 459 g/mol. The van der Waals surface area contributed by atoms with Crippen LogP contribution in [-0.2, 0) is 13.1 Å². The number of phenolic OH excluding ortho intramolecular Hbond substituents is 1. The number of urea groups is 3. The molecular formula is C21H30N8O4. The molecule has 0 spiro atoms. The van der Waals surface area contributed by atoms with Gasteiger partial charge in [0.25, 0.3) is 0 Å². The summed E-state index contributed by atoms with van der Waals surface area (Å²) in [5.41, 5.74) is 13.5. The first kappa shape index (κ1) is 25.2. The first-order valence-corrected chi connectivity index (χ1v) is 10.3. The van der Waals surface area contributed by atoms with Gasteiger partial charge in [-0.1, -0.05) is 56.3 Å². The third-order valence-electron chi connectivity index (χ3n) is 4.20. The highest BCUT2D eigenvalue weighted by Crippen LogP contribution is 2.10. The number of hydrazine groups is 4. The lowest BCUT2D eigenvalue weighted by molar-refractivity contribution is 0.156. The molecule has 0 bridgehead atoms. The summed E-state index contributed by atoms with van der Waals surface area (Å²) >= 11 is 0. The van der Waals surface area contributed by atoms with Crippen molar-refractivity contribution in [3.63, 3.8) is 0 Å². The molecule has 12 nitrogen and oxygen atoms in total. The van der Waals surface area contributed by atoms with Crippen LogP contribution in [-0.4, -0.2) is 39.8 Å². The number of rotatable bonds is 7. The normalized spacial score (nSPS) is 10.3. The van der Waals surface area contributed by atoms with Crippen LogP contribution < -0.4 is 33.0 Å². The maximum absolute atomic E-state index is 12.5. The van der Waals surface area contributed by atoms with Crippen molar-refractivity contribution in [2.45, 2.75) is 26.9 Å². The van der Waals surface area contributed by atoms with Gasteiger partial charge in [-0.05, 0) is 29.2 Å². The van der Waals surface area contributed by atoms with E-state index in [-0.39, 0.29) is 18.8 Å². The fraction of sp³-hybridized carbons (Fsp3) is 0.286. The molecule has 2 aromatic carbocycles. The Balaban J connectivity index is 1.88. The number of nitrogens with two attached hydrogens (primary N) is 1. The second-order valence-electron chi connectivity index (χ2n) is 7.57. The Kier molecular flexibility index (Phi) is 9.74. The van der Waals surface area contributed by atoms with Crippen molar-refractivity contribution in [3.8, 4) is 5.75 Å². The van der Waals surface area contributed by atoms with Crippen molar-refractivity contribution >= 4 is 18.1 Å². The molecule has 0 aliphatic heterocycles. The van der Waals surface area contributed by atoms with Gasteiger partial charge >= 0.3 is 18.1 Å². The van der Waals surface area contributed by atoms with Gasteiger partial charge in [-0.3, -0.25) is 10.4 Å². The van der Waals surface area contributed by atoms with Gasteiger partial charge in [0.05, 0.1) is 13.1 Å². The number of benzene rings is 2. The molecule has 0 saturated carbocycles. The third-order valence-corrected chi connectivity index (χ3v) is 4.20. The van der Waals surface area contributed by atoms with Gasteiger partial charge in [0.1, 0.15) is 5.75 Å². The Morgan fingerprint density at radius 1 is 0.879 bits per heavy atom. The lowest BCUT2D eigenvalue weighted by Crippen LogP contribution is -2.59. The topological polar surface area (TPSA) is 164 Å². The zero-order chi connectivity index (χ0) is 24.2. The van der Waals surface area contributed by atoms with E-state index in [1.165, 1.54) is 12.1 Å². The van der Waals surface area contributed by atoms with E-state index >= 15 is 0 Å².